The van der Waals surface area contributed by atoms with Gasteiger partial charge in [-0.05, 0) is 48.7 Å². The van der Waals surface area contributed by atoms with Crippen molar-refractivity contribution < 1.29 is 13.2 Å². The molecule has 0 aliphatic heterocycles. The standard InChI is InChI=1S/C27H23F3N2S/c1-15-9-16(2)11-19(10-15)22-25-23(32-14-31-22)21-8-6-18-12-17(5-7-20(18)24(21)33-25)13-26(3,4)27(28,29)30/h5-12,14H,13H2,1-4H3. The van der Waals surface area contributed by atoms with Gasteiger partial charge in [0.25, 0.3) is 0 Å². The summed E-state index contributed by atoms with van der Waals surface area (Å²) in [6, 6.07) is 16.0. The van der Waals surface area contributed by atoms with Gasteiger partial charge in [-0.1, -0.05) is 61.4 Å². The second-order valence-corrected chi connectivity index (χ2v) is 10.5. The summed E-state index contributed by atoms with van der Waals surface area (Å²) in [4.78, 5) is 9.18. The zero-order valence-corrected chi connectivity index (χ0v) is 19.7. The highest BCUT2D eigenvalue weighted by molar-refractivity contribution is 7.27. The minimum atomic E-state index is -4.25. The van der Waals surface area contributed by atoms with Crippen LogP contribution in [0.1, 0.15) is 30.5 Å². The lowest BCUT2D eigenvalue weighted by atomic mass is 9.84. The monoisotopic (exact) mass is 464 g/mol. The maximum absolute atomic E-state index is 13.4. The third-order valence-corrected chi connectivity index (χ3v) is 7.44. The Balaban J connectivity index is 1.67. The van der Waals surface area contributed by atoms with Crippen molar-refractivity contribution >= 4 is 42.4 Å². The van der Waals surface area contributed by atoms with Crippen LogP contribution >= 0.6 is 11.3 Å². The molecule has 0 unspecified atom stereocenters. The molecule has 5 rings (SSSR count). The van der Waals surface area contributed by atoms with E-state index in [0.29, 0.717) is 5.56 Å². The predicted molar refractivity (Wildman–Crippen MR) is 131 cm³/mol. The number of nitrogens with zero attached hydrogens (tertiary/aromatic N) is 2. The van der Waals surface area contributed by atoms with E-state index in [4.69, 9.17) is 0 Å². The van der Waals surface area contributed by atoms with Crippen LogP contribution < -0.4 is 0 Å². The first-order valence-corrected chi connectivity index (χ1v) is 11.6. The summed E-state index contributed by atoms with van der Waals surface area (Å²) in [6.45, 7) is 6.65. The van der Waals surface area contributed by atoms with Gasteiger partial charge in [-0.15, -0.1) is 11.3 Å². The zero-order valence-electron chi connectivity index (χ0n) is 18.8. The molecule has 0 amide bonds. The van der Waals surface area contributed by atoms with E-state index in [2.05, 4.69) is 42.0 Å². The molecule has 2 heterocycles. The minimum absolute atomic E-state index is 0.0563. The number of rotatable bonds is 3. The van der Waals surface area contributed by atoms with E-state index in [-0.39, 0.29) is 6.42 Å². The number of aryl methyl sites for hydroxylation is 2. The molecule has 3 aromatic carbocycles. The third kappa shape index (κ3) is 3.76. The maximum atomic E-state index is 13.4. The smallest absolute Gasteiger partial charge is 0.235 e. The molecule has 5 aromatic rings. The number of halogens is 3. The molecular formula is C27H23F3N2S. The molecule has 0 aliphatic rings. The van der Waals surface area contributed by atoms with Crippen molar-refractivity contribution in [2.75, 3.05) is 0 Å². The van der Waals surface area contributed by atoms with Crippen LogP contribution in [0.4, 0.5) is 13.2 Å². The van der Waals surface area contributed by atoms with E-state index in [1.807, 2.05) is 30.3 Å². The van der Waals surface area contributed by atoms with Crippen LogP contribution in [0.5, 0.6) is 0 Å². The van der Waals surface area contributed by atoms with Crippen LogP contribution in [0.15, 0.2) is 54.9 Å². The first-order chi connectivity index (χ1) is 15.5. The van der Waals surface area contributed by atoms with Crippen molar-refractivity contribution in [2.45, 2.75) is 40.3 Å². The van der Waals surface area contributed by atoms with E-state index in [9.17, 15) is 13.2 Å². The summed E-state index contributed by atoms with van der Waals surface area (Å²) >= 11 is 1.64. The molecule has 0 atom stereocenters. The van der Waals surface area contributed by atoms with Gasteiger partial charge in [0.1, 0.15) is 6.33 Å². The van der Waals surface area contributed by atoms with Crippen molar-refractivity contribution in [3.8, 4) is 11.3 Å². The van der Waals surface area contributed by atoms with Gasteiger partial charge in [-0.3, -0.25) is 0 Å². The Labute approximate surface area is 194 Å². The van der Waals surface area contributed by atoms with Crippen molar-refractivity contribution in [1.82, 2.24) is 9.97 Å². The Morgan fingerprint density at radius 1 is 0.818 bits per heavy atom. The summed E-state index contributed by atoms with van der Waals surface area (Å²) in [6.07, 6.45) is -2.70. The van der Waals surface area contributed by atoms with Crippen molar-refractivity contribution in [2.24, 2.45) is 5.41 Å². The number of hydrogen-bond donors (Lipinski definition) is 0. The molecule has 0 saturated heterocycles. The van der Waals surface area contributed by atoms with Crippen LogP contribution in [-0.2, 0) is 6.42 Å². The molecule has 0 N–H and O–H groups in total. The fourth-order valence-corrected chi connectivity index (χ4v) is 5.75. The van der Waals surface area contributed by atoms with Gasteiger partial charge in [0.2, 0.25) is 0 Å². The van der Waals surface area contributed by atoms with Crippen molar-refractivity contribution in [3.05, 3.63) is 71.5 Å². The fourth-order valence-electron chi connectivity index (χ4n) is 4.45. The van der Waals surface area contributed by atoms with Gasteiger partial charge in [0, 0.05) is 15.6 Å². The van der Waals surface area contributed by atoms with E-state index >= 15 is 0 Å². The number of thiophene rings is 1. The topological polar surface area (TPSA) is 25.8 Å². The van der Waals surface area contributed by atoms with Crippen molar-refractivity contribution in [3.63, 3.8) is 0 Å². The Morgan fingerprint density at radius 3 is 2.21 bits per heavy atom. The molecule has 0 saturated carbocycles. The Hall–Kier alpha value is -2.99. The summed E-state index contributed by atoms with van der Waals surface area (Å²) in [5.74, 6) is 0. The van der Waals surface area contributed by atoms with Crippen LogP contribution in [-0.4, -0.2) is 16.1 Å². The number of benzene rings is 3. The molecule has 0 fully saturated rings. The van der Waals surface area contributed by atoms with E-state index < -0.39 is 11.6 Å². The molecule has 2 nitrogen and oxygen atoms in total. The van der Waals surface area contributed by atoms with Crippen LogP contribution in [0.2, 0.25) is 0 Å². The summed E-state index contributed by atoms with van der Waals surface area (Å²) in [5, 5.41) is 3.00. The summed E-state index contributed by atoms with van der Waals surface area (Å²) in [5.41, 5.74) is 4.13. The largest absolute Gasteiger partial charge is 0.394 e. The van der Waals surface area contributed by atoms with E-state index in [1.165, 1.54) is 25.0 Å². The highest BCUT2D eigenvalue weighted by atomic mass is 32.1. The molecule has 168 valence electrons. The Bertz CT molecular complexity index is 1510. The molecule has 33 heavy (non-hydrogen) atoms. The molecular weight excluding hydrogens is 441 g/mol. The maximum Gasteiger partial charge on any atom is 0.394 e. The van der Waals surface area contributed by atoms with Gasteiger partial charge in [0.15, 0.2) is 0 Å². The highest BCUT2D eigenvalue weighted by Gasteiger charge is 2.46. The molecule has 0 bridgehead atoms. The number of fused-ring (bicyclic) bond motifs is 5. The molecule has 0 aliphatic carbocycles. The molecule has 0 spiro atoms. The highest BCUT2D eigenvalue weighted by Crippen LogP contribution is 2.43. The fraction of sp³-hybridized carbons (Fsp3) is 0.259. The second-order valence-electron chi connectivity index (χ2n) is 9.43. The van der Waals surface area contributed by atoms with Crippen LogP contribution in [0.25, 0.3) is 42.3 Å². The first kappa shape index (κ1) is 21.8. The Morgan fingerprint density at radius 2 is 1.52 bits per heavy atom. The lowest BCUT2D eigenvalue weighted by molar-refractivity contribution is -0.211. The first-order valence-electron chi connectivity index (χ1n) is 10.8. The zero-order chi connectivity index (χ0) is 23.5. The SMILES string of the molecule is Cc1cc(C)cc(-c2ncnc3c2sc2c4ccc(CC(C)(C)C(F)(F)F)cc4ccc32)c1. The minimum Gasteiger partial charge on any atom is -0.235 e. The lowest BCUT2D eigenvalue weighted by Gasteiger charge is -2.27. The molecule has 2 aromatic heterocycles. The molecule has 0 radical (unpaired) electrons. The van der Waals surface area contributed by atoms with Gasteiger partial charge in [-0.2, -0.15) is 13.2 Å². The average Bonchev–Trinajstić information content (AvgIpc) is 3.11. The number of hydrogen-bond acceptors (Lipinski definition) is 3. The number of aromatic nitrogens is 2. The van der Waals surface area contributed by atoms with E-state index in [0.717, 1.165) is 42.3 Å². The quantitative estimate of drug-likeness (QED) is 0.268. The second kappa shape index (κ2) is 7.52. The predicted octanol–water partition coefficient (Wildman–Crippen LogP) is 8.41. The van der Waals surface area contributed by atoms with Crippen LogP contribution in [0.3, 0.4) is 0 Å². The lowest BCUT2D eigenvalue weighted by Crippen LogP contribution is -2.34. The number of alkyl halides is 3. The average molecular weight is 465 g/mol. The van der Waals surface area contributed by atoms with E-state index in [1.54, 1.807) is 17.7 Å². The van der Waals surface area contributed by atoms with Gasteiger partial charge < -0.3 is 0 Å². The van der Waals surface area contributed by atoms with Gasteiger partial charge in [-0.25, -0.2) is 9.97 Å². The summed E-state index contributed by atoms with van der Waals surface area (Å²) < 4.78 is 42.2. The van der Waals surface area contributed by atoms with Gasteiger partial charge in [0.05, 0.1) is 21.3 Å². The third-order valence-electron chi connectivity index (χ3n) is 6.21. The van der Waals surface area contributed by atoms with Crippen LogP contribution in [0, 0.1) is 19.3 Å². The Kier molecular flexibility index (Phi) is 4.98. The molecule has 6 heteroatoms. The normalized spacial score (nSPS) is 12.8. The summed E-state index contributed by atoms with van der Waals surface area (Å²) in [7, 11) is 0. The van der Waals surface area contributed by atoms with Crippen molar-refractivity contribution in [1.29, 1.82) is 0 Å². The van der Waals surface area contributed by atoms with Gasteiger partial charge >= 0.3 is 6.18 Å².